The molecule has 0 saturated carbocycles. The number of hydrogen-bond acceptors (Lipinski definition) is 4. The van der Waals surface area contributed by atoms with Crippen LogP contribution >= 0.6 is 23.8 Å². The average molecular weight is 428 g/mol. The van der Waals surface area contributed by atoms with Crippen LogP contribution in [0, 0.1) is 0 Å². The van der Waals surface area contributed by atoms with Crippen molar-refractivity contribution in [3.63, 3.8) is 0 Å². The van der Waals surface area contributed by atoms with Crippen LogP contribution < -0.4 is 19.5 Å². The van der Waals surface area contributed by atoms with E-state index in [1.807, 2.05) is 66.7 Å². The second kappa shape index (κ2) is 10.1. The predicted molar refractivity (Wildman–Crippen MR) is 120 cm³/mol. The van der Waals surface area contributed by atoms with Crippen molar-refractivity contribution in [2.24, 2.45) is 0 Å². The number of thiocarbonyl (C=S) groups is 1. The highest BCUT2D eigenvalue weighted by Gasteiger charge is 2.15. The second-order valence-corrected chi connectivity index (χ2v) is 7.07. The number of benzene rings is 3. The molecule has 29 heavy (non-hydrogen) atoms. The first-order valence-electron chi connectivity index (χ1n) is 9.06. The van der Waals surface area contributed by atoms with Gasteiger partial charge >= 0.3 is 0 Å². The van der Waals surface area contributed by atoms with Crippen LogP contribution in [-0.2, 0) is 13.2 Å². The summed E-state index contributed by atoms with van der Waals surface area (Å²) in [5.74, 6) is 2.00. The largest absolute Gasteiger partial charge is 0.497 e. The molecule has 6 heteroatoms. The Hall–Kier alpha value is -2.76. The molecule has 0 aromatic heterocycles. The molecule has 3 rings (SSSR count). The molecule has 0 saturated heterocycles. The molecule has 150 valence electrons. The van der Waals surface area contributed by atoms with Gasteiger partial charge in [-0.1, -0.05) is 60.2 Å². The normalized spacial score (nSPS) is 10.3. The molecule has 0 fully saturated rings. The molecular weight excluding hydrogens is 406 g/mol. The molecule has 0 unspecified atom stereocenters. The Kier molecular flexibility index (Phi) is 7.33. The van der Waals surface area contributed by atoms with Crippen LogP contribution in [0.25, 0.3) is 0 Å². The summed E-state index contributed by atoms with van der Waals surface area (Å²) in [5, 5.41) is 3.94. The summed E-state index contributed by atoms with van der Waals surface area (Å²) in [5.41, 5.74) is 2.71. The molecular formula is C23H22ClNO3S. The molecule has 0 spiro atoms. The zero-order valence-electron chi connectivity index (χ0n) is 16.3. The summed E-state index contributed by atoms with van der Waals surface area (Å²) >= 11 is 11.9. The van der Waals surface area contributed by atoms with E-state index in [9.17, 15) is 0 Å². The van der Waals surface area contributed by atoms with Gasteiger partial charge < -0.3 is 19.5 Å². The van der Waals surface area contributed by atoms with Crippen molar-refractivity contribution in [1.82, 2.24) is 5.32 Å². The lowest BCUT2D eigenvalue weighted by Gasteiger charge is -2.17. The van der Waals surface area contributed by atoms with E-state index < -0.39 is 0 Å². The van der Waals surface area contributed by atoms with E-state index in [1.54, 1.807) is 14.2 Å². The van der Waals surface area contributed by atoms with Crippen LogP contribution in [0.15, 0.2) is 66.7 Å². The fraction of sp³-hybridized carbons (Fsp3) is 0.174. The van der Waals surface area contributed by atoms with E-state index >= 15 is 0 Å². The summed E-state index contributed by atoms with van der Waals surface area (Å²) in [6.45, 7) is 0.878. The van der Waals surface area contributed by atoms with Crippen LogP contribution in [0.3, 0.4) is 0 Å². The topological polar surface area (TPSA) is 39.7 Å². The second-order valence-electron chi connectivity index (χ2n) is 6.25. The fourth-order valence-electron chi connectivity index (χ4n) is 2.83. The van der Waals surface area contributed by atoms with Gasteiger partial charge in [0.25, 0.3) is 0 Å². The average Bonchev–Trinajstić information content (AvgIpc) is 2.76. The van der Waals surface area contributed by atoms with Crippen molar-refractivity contribution in [3.8, 4) is 17.2 Å². The van der Waals surface area contributed by atoms with E-state index in [1.165, 1.54) is 0 Å². The van der Waals surface area contributed by atoms with Gasteiger partial charge in [0.15, 0.2) is 11.5 Å². The summed E-state index contributed by atoms with van der Waals surface area (Å²) < 4.78 is 16.8. The van der Waals surface area contributed by atoms with Crippen molar-refractivity contribution in [3.05, 3.63) is 88.4 Å². The molecule has 0 bridgehead atoms. The van der Waals surface area contributed by atoms with Crippen molar-refractivity contribution in [1.29, 1.82) is 0 Å². The highest BCUT2D eigenvalue weighted by atomic mass is 35.5. The smallest absolute Gasteiger partial charge is 0.171 e. The van der Waals surface area contributed by atoms with Crippen LogP contribution in [-0.4, -0.2) is 19.2 Å². The van der Waals surface area contributed by atoms with Gasteiger partial charge in [-0.15, -0.1) is 0 Å². The van der Waals surface area contributed by atoms with Gasteiger partial charge in [0, 0.05) is 17.1 Å². The quantitative estimate of drug-likeness (QED) is 0.487. The number of nitrogens with one attached hydrogen (secondary N) is 1. The molecule has 0 aliphatic heterocycles. The van der Waals surface area contributed by atoms with E-state index in [-0.39, 0.29) is 0 Å². The Morgan fingerprint density at radius 1 is 0.966 bits per heavy atom. The molecule has 0 heterocycles. The Balaban J connectivity index is 1.77. The Bertz CT molecular complexity index is 993. The van der Waals surface area contributed by atoms with Crippen molar-refractivity contribution < 1.29 is 14.2 Å². The molecule has 0 aliphatic carbocycles. The van der Waals surface area contributed by atoms with Gasteiger partial charge in [-0.05, 0) is 35.9 Å². The molecule has 1 N–H and O–H groups in total. The fourth-order valence-corrected chi connectivity index (χ4v) is 3.25. The maximum absolute atomic E-state index is 6.25. The van der Waals surface area contributed by atoms with E-state index in [2.05, 4.69) is 5.32 Å². The van der Waals surface area contributed by atoms with Gasteiger partial charge in [0.05, 0.1) is 19.8 Å². The van der Waals surface area contributed by atoms with Gasteiger partial charge in [0.2, 0.25) is 0 Å². The SMILES string of the molecule is COc1cccc(CNC(=S)c2cccc(OC)c2OCc2ccccc2Cl)c1. The first-order chi connectivity index (χ1) is 14.1. The van der Waals surface area contributed by atoms with Crippen LogP contribution in [0.4, 0.5) is 0 Å². The van der Waals surface area contributed by atoms with Crippen LogP contribution in [0.1, 0.15) is 16.7 Å². The van der Waals surface area contributed by atoms with Gasteiger partial charge in [-0.25, -0.2) is 0 Å². The highest BCUT2D eigenvalue weighted by molar-refractivity contribution is 7.80. The zero-order valence-corrected chi connectivity index (χ0v) is 17.8. The minimum Gasteiger partial charge on any atom is -0.497 e. The maximum atomic E-state index is 6.25. The first-order valence-corrected chi connectivity index (χ1v) is 9.85. The molecule has 0 amide bonds. The van der Waals surface area contributed by atoms with Crippen molar-refractivity contribution in [2.45, 2.75) is 13.2 Å². The molecule has 0 atom stereocenters. The van der Waals surface area contributed by atoms with Crippen molar-refractivity contribution in [2.75, 3.05) is 14.2 Å². The van der Waals surface area contributed by atoms with Crippen LogP contribution in [0.2, 0.25) is 5.02 Å². The number of rotatable bonds is 8. The summed E-state index contributed by atoms with van der Waals surface area (Å²) in [6.07, 6.45) is 0. The van der Waals surface area contributed by atoms with Gasteiger partial charge in [-0.3, -0.25) is 0 Å². The third-order valence-electron chi connectivity index (χ3n) is 4.36. The minimum atomic E-state index is 0.311. The van der Waals surface area contributed by atoms with E-state index in [0.717, 1.165) is 22.4 Å². The summed E-state index contributed by atoms with van der Waals surface area (Å²) in [6, 6.07) is 21.0. The molecule has 0 aliphatic rings. The number of methoxy groups -OCH3 is 2. The third kappa shape index (κ3) is 5.40. The van der Waals surface area contributed by atoms with Crippen molar-refractivity contribution >= 4 is 28.8 Å². The first kappa shape index (κ1) is 21.0. The van der Waals surface area contributed by atoms with Gasteiger partial charge in [0.1, 0.15) is 17.3 Å². The minimum absolute atomic E-state index is 0.311. The van der Waals surface area contributed by atoms with E-state index in [4.69, 9.17) is 38.0 Å². The van der Waals surface area contributed by atoms with E-state index in [0.29, 0.717) is 34.7 Å². The lowest BCUT2D eigenvalue weighted by Crippen LogP contribution is -2.22. The monoisotopic (exact) mass is 427 g/mol. The molecule has 0 radical (unpaired) electrons. The maximum Gasteiger partial charge on any atom is 0.171 e. The molecule has 3 aromatic carbocycles. The summed E-state index contributed by atoms with van der Waals surface area (Å²) in [7, 11) is 3.25. The molecule has 3 aromatic rings. The number of para-hydroxylation sites is 1. The Morgan fingerprint density at radius 2 is 1.76 bits per heavy atom. The standard InChI is InChI=1S/C23H22ClNO3S/c1-26-18-9-5-7-16(13-18)14-25-23(29)19-10-6-12-21(27-2)22(19)28-15-17-8-3-4-11-20(17)24/h3-13H,14-15H2,1-2H3,(H,25,29). The third-order valence-corrected chi connectivity index (χ3v) is 5.09. The lowest BCUT2D eigenvalue weighted by atomic mass is 10.1. The number of ether oxygens (including phenoxy) is 3. The Labute approximate surface area is 181 Å². The highest BCUT2D eigenvalue weighted by Crippen LogP contribution is 2.32. The Morgan fingerprint density at radius 3 is 2.52 bits per heavy atom. The zero-order chi connectivity index (χ0) is 20.6. The van der Waals surface area contributed by atoms with Crippen LogP contribution in [0.5, 0.6) is 17.2 Å². The summed E-state index contributed by atoms with van der Waals surface area (Å²) in [4.78, 5) is 0.570. The van der Waals surface area contributed by atoms with Gasteiger partial charge in [-0.2, -0.15) is 0 Å². The predicted octanol–water partition coefficient (Wildman–Crippen LogP) is 5.40. The number of hydrogen-bond donors (Lipinski definition) is 1. The molecule has 4 nitrogen and oxygen atoms in total. The number of halogens is 1. The lowest BCUT2D eigenvalue weighted by molar-refractivity contribution is 0.284.